The summed E-state index contributed by atoms with van der Waals surface area (Å²) >= 11 is 0. The lowest BCUT2D eigenvalue weighted by molar-refractivity contribution is -0.873. The van der Waals surface area contributed by atoms with E-state index in [-0.39, 0.29) is 18.7 Å². The number of rotatable bonds is 14. The smallest absolute Gasteiger partial charge is 0.317 e. The normalized spacial score (nSPS) is 15.0. The van der Waals surface area contributed by atoms with Gasteiger partial charge in [0, 0.05) is 12.5 Å². The van der Waals surface area contributed by atoms with E-state index in [1.807, 2.05) is 21.1 Å². The Morgan fingerprint density at radius 3 is 1.96 bits per heavy atom. The number of carbonyl (C=O) groups excluding carboxylic acids is 1. The first-order valence-electron chi connectivity index (χ1n) is 9.23. The molecule has 0 bridgehead atoms. The largest absolute Gasteiger partial charge is 0.511 e. The maximum Gasteiger partial charge on any atom is 0.317 e. The molecule has 2 atom stereocenters. The summed E-state index contributed by atoms with van der Waals surface area (Å²) in [4.78, 5) is 23.3. The van der Waals surface area contributed by atoms with Crippen molar-refractivity contribution in [2.24, 2.45) is 5.92 Å². The Morgan fingerprint density at radius 1 is 0.960 bits per heavy atom. The SMILES string of the molecule is CCCCCCCCCC(=O)/C=C(\O)C(C(=O)O)C(O)C[N+](C)(C)C. The maximum atomic E-state index is 11.9. The third-order valence-corrected chi connectivity index (χ3v) is 4.04. The predicted molar refractivity (Wildman–Crippen MR) is 98.4 cm³/mol. The molecule has 0 rings (SSSR count). The average molecular weight is 358 g/mol. The zero-order valence-corrected chi connectivity index (χ0v) is 16.2. The third kappa shape index (κ3) is 11.7. The molecular formula is C19H36NO5+. The molecule has 0 heterocycles. The first-order valence-corrected chi connectivity index (χ1v) is 9.23. The lowest BCUT2D eigenvalue weighted by Crippen LogP contribution is -2.46. The number of unbranched alkanes of at least 4 members (excludes halogenated alkanes) is 6. The highest BCUT2D eigenvalue weighted by atomic mass is 16.4. The topological polar surface area (TPSA) is 94.8 Å². The molecule has 0 radical (unpaired) electrons. The number of aliphatic hydroxyl groups excluding tert-OH is 2. The monoisotopic (exact) mass is 358 g/mol. The Bertz CT molecular complexity index is 440. The zero-order chi connectivity index (χ0) is 19.5. The minimum atomic E-state index is -1.48. The van der Waals surface area contributed by atoms with Gasteiger partial charge in [0.25, 0.3) is 0 Å². The van der Waals surface area contributed by atoms with Crippen LogP contribution in [0.15, 0.2) is 11.8 Å². The van der Waals surface area contributed by atoms with E-state index >= 15 is 0 Å². The van der Waals surface area contributed by atoms with Crippen LogP contribution in [0, 0.1) is 5.92 Å². The standard InChI is InChI=1S/C19H35NO5/c1-5-6-7-8-9-10-11-12-15(21)13-16(22)18(19(24)25)17(23)14-20(2,3)4/h13,17-18,23H,5-12,14H2,1-4H3,(H-,21,22,24,25)/p+1. The van der Waals surface area contributed by atoms with Crippen molar-refractivity contribution in [2.75, 3.05) is 27.7 Å². The molecule has 0 aromatic heterocycles. The first-order chi connectivity index (χ1) is 11.6. The van der Waals surface area contributed by atoms with Crippen molar-refractivity contribution >= 4 is 11.8 Å². The molecule has 146 valence electrons. The second-order valence-electron chi connectivity index (χ2n) is 7.76. The van der Waals surface area contributed by atoms with Gasteiger partial charge < -0.3 is 19.8 Å². The fourth-order valence-corrected chi connectivity index (χ4v) is 2.74. The van der Waals surface area contributed by atoms with Crippen molar-refractivity contribution in [3.05, 3.63) is 11.8 Å². The van der Waals surface area contributed by atoms with Gasteiger partial charge in [0.05, 0.1) is 21.1 Å². The minimum absolute atomic E-state index is 0.154. The van der Waals surface area contributed by atoms with Gasteiger partial charge in [-0.15, -0.1) is 0 Å². The summed E-state index contributed by atoms with van der Waals surface area (Å²) in [5, 5.41) is 29.4. The summed E-state index contributed by atoms with van der Waals surface area (Å²) < 4.78 is 0.351. The highest BCUT2D eigenvalue weighted by Crippen LogP contribution is 2.17. The molecule has 6 nitrogen and oxygen atoms in total. The summed E-state index contributed by atoms with van der Waals surface area (Å²) in [5.41, 5.74) is 0. The van der Waals surface area contributed by atoms with Crippen LogP contribution in [0.4, 0.5) is 0 Å². The summed E-state index contributed by atoms with van der Waals surface area (Å²) in [6.07, 6.45) is 7.59. The Kier molecular flexibility index (Phi) is 11.4. The van der Waals surface area contributed by atoms with Crippen molar-refractivity contribution in [1.29, 1.82) is 0 Å². The van der Waals surface area contributed by atoms with Crippen LogP contribution in [-0.4, -0.2) is 65.3 Å². The quantitative estimate of drug-likeness (QED) is 0.192. The van der Waals surface area contributed by atoms with Crippen LogP contribution in [0.1, 0.15) is 58.3 Å². The molecule has 0 fully saturated rings. The van der Waals surface area contributed by atoms with E-state index in [4.69, 9.17) is 0 Å². The number of allylic oxidation sites excluding steroid dienone is 1. The number of carbonyl (C=O) groups is 2. The first kappa shape index (κ1) is 23.6. The molecule has 2 unspecified atom stereocenters. The van der Waals surface area contributed by atoms with E-state index in [0.717, 1.165) is 25.3 Å². The van der Waals surface area contributed by atoms with Crippen LogP contribution in [-0.2, 0) is 9.59 Å². The Morgan fingerprint density at radius 2 is 1.48 bits per heavy atom. The van der Waals surface area contributed by atoms with E-state index in [9.17, 15) is 24.9 Å². The zero-order valence-electron chi connectivity index (χ0n) is 16.2. The van der Waals surface area contributed by atoms with Gasteiger partial charge in [-0.2, -0.15) is 0 Å². The van der Waals surface area contributed by atoms with Crippen molar-refractivity contribution in [1.82, 2.24) is 0 Å². The highest BCUT2D eigenvalue weighted by molar-refractivity contribution is 5.91. The molecular weight excluding hydrogens is 322 g/mol. The molecule has 0 saturated carbocycles. The molecule has 0 saturated heterocycles. The summed E-state index contributed by atoms with van der Waals surface area (Å²) in [5.74, 6) is -3.68. The number of hydrogen-bond donors (Lipinski definition) is 3. The van der Waals surface area contributed by atoms with Crippen molar-refractivity contribution in [3.8, 4) is 0 Å². The van der Waals surface area contributed by atoms with Crippen LogP contribution in [0.2, 0.25) is 0 Å². The van der Waals surface area contributed by atoms with Crippen molar-refractivity contribution in [2.45, 2.75) is 64.4 Å². The molecule has 0 aliphatic rings. The molecule has 0 aromatic rings. The van der Waals surface area contributed by atoms with Crippen LogP contribution in [0.25, 0.3) is 0 Å². The van der Waals surface area contributed by atoms with Crippen molar-refractivity contribution in [3.63, 3.8) is 0 Å². The minimum Gasteiger partial charge on any atom is -0.511 e. The van der Waals surface area contributed by atoms with Gasteiger partial charge in [-0.3, -0.25) is 9.59 Å². The van der Waals surface area contributed by atoms with E-state index < -0.39 is 23.8 Å². The van der Waals surface area contributed by atoms with Gasteiger partial charge in [-0.25, -0.2) is 0 Å². The van der Waals surface area contributed by atoms with Crippen molar-refractivity contribution < 1.29 is 29.4 Å². The maximum absolute atomic E-state index is 11.9. The average Bonchev–Trinajstić information content (AvgIpc) is 2.43. The molecule has 0 aromatic carbocycles. The van der Waals surface area contributed by atoms with Gasteiger partial charge in [-0.05, 0) is 6.42 Å². The molecule has 3 N–H and O–H groups in total. The summed E-state index contributed by atoms with van der Waals surface area (Å²) in [6.45, 7) is 2.32. The lowest BCUT2D eigenvalue weighted by atomic mass is 9.97. The number of hydrogen-bond acceptors (Lipinski definition) is 4. The van der Waals surface area contributed by atoms with E-state index in [1.165, 1.54) is 25.7 Å². The second-order valence-corrected chi connectivity index (χ2v) is 7.76. The molecule has 0 amide bonds. The van der Waals surface area contributed by atoms with Gasteiger partial charge in [-0.1, -0.05) is 45.4 Å². The van der Waals surface area contributed by atoms with Gasteiger partial charge in [0.15, 0.2) is 5.78 Å². The number of aliphatic carboxylic acids is 1. The Hall–Kier alpha value is -1.40. The van der Waals surface area contributed by atoms with Gasteiger partial charge in [0.1, 0.15) is 24.3 Å². The number of nitrogens with zero attached hydrogens (tertiary/aromatic N) is 1. The summed E-state index contributed by atoms with van der Waals surface area (Å²) in [7, 11) is 5.44. The highest BCUT2D eigenvalue weighted by Gasteiger charge is 2.34. The van der Waals surface area contributed by atoms with Crippen LogP contribution in [0.5, 0.6) is 0 Å². The number of ketones is 1. The molecule has 0 aliphatic heterocycles. The molecule has 0 spiro atoms. The second kappa shape index (κ2) is 12.0. The number of carboxylic acids is 1. The van der Waals surface area contributed by atoms with Crippen LogP contribution < -0.4 is 0 Å². The van der Waals surface area contributed by atoms with E-state index in [2.05, 4.69) is 6.92 Å². The van der Waals surface area contributed by atoms with E-state index in [1.54, 1.807) is 0 Å². The van der Waals surface area contributed by atoms with Gasteiger partial charge in [0.2, 0.25) is 0 Å². The van der Waals surface area contributed by atoms with Crippen LogP contribution in [0.3, 0.4) is 0 Å². The van der Waals surface area contributed by atoms with E-state index in [0.29, 0.717) is 4.48 Å². The van der Waals surface area contributed by atoms with Gasteiger partial charge >= 0.3 is 5.97 Å². The Balaban J connectivity index is 4.47. The summed E-state index contributed by atoms with van der Waals surface area (Å²) in [6, 6.07) is 0. The predicted octanol–water partition coefficient (Wildman–Crippen LogP) is 2.91. The fourth-order valence-electron chi connectivity index (χ4n) is 2.74. The molecule has 0 aliphatic carbocycles. The molecule has 6 heteroatoms. The Labute approximate surface area is 151 Å². The number of aliphatic hydroxyl groups is 2. The number of carboxylic acid groups (broad SMARTS) is 1. The van der Waals surface area contributed by atoms with Crippen LogP contribution >= 0.6 is 0 Å². The third-order valence-electron chi connectivity index (χ3n) is 4.04. The number of likely N-dealkylation sites (N-methyl/N-ethyl adjacent to an activating group) is 1. The fraction of sp³-hybridized carbons (Fsp3) is 0.789. The lowest BCUT2D eigenvalue weighted by Gasteiger charge is -2.29. The molecule has 25 heavy (non-hydrogen) atoms. The number of quaternary nitrogens is 1.